The highest BCUT2D eigenvalue weighted by molar-refractivity contribution is 7.15. The van der Waals surface area contributed by atoms with Crippen molar-refractivity contribution in [3.05, 3.63) is 11.2 Å². The number of nitriles is 1. The van der Waals surface area contributed by atoms with Gasteiger partial charge in [0.1, 0.15) is 10.5 Å². The van der Waals surface area contributed by atoms with E-state index in [9.17, 15) is 4.79 Å². The van der Waals surface area contributed by atoms with Crippen LogP contribution in [-0.4, -0.2) is 16.4 Å². The average Bonchev–Trinajstić information content (AvgIpc) is 2.92. The highest BCUT2D eigenvalue weighted by Crippen LogP contribution is 2.37. The molecule has 6 heteroatoms. The summed E-state index contributed by atoms with van der Waals surface area (Å²) < 4.78 is 0. The van der Waals surface area contributed by atoms with Crippen molar-refractivity contribution in [1.29, 1.82) is 5.26 Å². The summed E-state index contributed by atoms with van der Waals surface area (Å²) in [7, 11) is 0. The molecular weight excluding hydrogens is 284 g/mol. The van der Waals surface area contributed by atoms with Gasteiger partial charge in [0.25, 0.3) is 5.91 Å². The van der Waals surface area contributed by atoms with Gasteiger partial charge in [-0.1, -0.05) is 19.3 Å². The summed E-state index contributed by atoms with van der Waals surface area (Å²) in [5, 5.41) is 16.3. The van der Waals surface area contributed by atoms with Gasteiger partial charge in [0, 0.05) is 5.92 Å². The van der Waals surface area contributed by atoms with Gasteiger partial charge in [0.15, 0.2) is 6.19 Å². The molecule has 1 aromatic rings. The number of nitrogens with one attached hydrogen (secondary N) is 2. The maximum Gasteiger partial charge on any atom is 0.251 e. The minimum atomic E-state index is -0.691. The van der Waals surface area contributed by atoms with E-state index in [1.807, 2.05) is 6.19 Å². The Morgan fingerprint density at radius 2 is 2.10 bits per heavy atom. The fourth-order valence-corrected chi connectivity index (χ4v) is 4.14. The van der Waals surface area contributed by atoms with Crippen LogP contribution in [0.3, 0.4) is 0 Å². The lowest BCUT2D eigenvalue weighted by Gasteiger charge is -2.38. The summed E-state index contributed by atoms with van der Waals surface area (Å²) in [5.74, 6) is 0.457. The van der Waals surface area contributed by atoms with E-state index < -0.39 is 5.54 Å². The van der Waals surface area contributed by atoms with E-state index in [4.69, 9.17) is 5.26 Å². The molecule has 2 fully saturated rings. The topological polar surface area (TPSA) is 77.8 Å². The number of rotatable bonds is 4. The van der Waals surface area contributed by atoms with Crippen LogP contribution in [0.15, 0.2) is 6.20 Å². The van der Waals surface area contributed by atoms with Crippen LogP contribution in [0.2, 0.25) is 0 Å². The summed E-state index contributed by atoms with van der Waals surface area (Å²) in [6.07, 6.45) is 12.4. The van der Waals surface area contributed by atoms with E-state index in [0.29, 0.717) is 5.92 Å². The van der Waals surface area contributed by atoms with Crippen molar-refractivity contribution >= 4 is 22.2 Å². The first-order chi connectivity index (χ1) is 10.2. The number of anilines is 1. The fourth-order valence-electron chi connectivity index (χ4n) is 3.16. The lowest BCUT2D eigenvalue weighted by atomic mass is 9.76. The lowest BCUT2D eigenvalue weighted by Crippen LogP contribution is -2.57. The van der Waals surface area contributed by atoms with E-state index in [-0.39, 0.29) is 5.91 Å². The van der Waals surface area contributed by atoms with Crippen molar-refractivity contribution in [2.24, 2.45) is 0 Å². The molecular formula is C15H20N4OS. The number of aromatic nitrogens is 1. The van der Waals surface area contributed by atoms with Crippen LogP contribution < -0.4 is 10.6 Å². The first-order valence-corrected chi connectivity index (χ1v) is 8.49. The van der Waals surface area contributed by atoms with Crippen molar-refractivity contribution in [3.63, 3.8) is 0 Å². The Morgan fingerprint density at radius 1 is 1.33 bits per heavy atom. The molecule has 0 spiro atoms. The molecule has 5 nitrogen and oxygen atoms in total. The Balaban J connectivity index is 1.64. The third kappa shape index (κ3) is 2.88. The first-order valence-electron chi connectivity index (χ1n) is 7.67. The van der Waals surface area contributed by atoms with Gasteiger partial charge in [-0.15, -0.1) is 11.3 Å². The minimum absolute atomic E-state index is 0.103. The number of carbonyl (C=O) groups excluding carboxylic acids is 1. The zero-order valence-corrected chi connectivity index (χ0v) is 12.8. The maximum absolute atomic E-state index is 12.3. The summed E-state index contributed by atoms with van der Waals surface area (Å²) in [6, 6.07) is 0. The largest absolute Gasteiger partial charge is 0.314 e. The highest BCUT2D eigenvalue weighted by atomic mass is 32.1. The van der Waals surface area contributed by atoms with Crippen molar-refractivity contribution in [1.82, 2.24) is 10.3 Å². The molecule has 2 aliphatic carbocycles. The Bertz CT molecular complexity index is 552. The molecule has 112 valence electrons. The highest BCUT2D eigenvalue weighted by Gasteiger charge is 2.44. The molecule has 0 bridgehead atoms. The molecule has 1 heterocycles. The Morgan fingerprint density at radius 3 is 2.71 bits per heavy atom. The fraction of sp³-hybridized carbons (Fsp3) is 0.667. The van der Waals surface area contributed by atoms with Gasteiger partial charge in [0.05, 0.1) is 11.2 Å². The second-order valence-corrected chi connectivity index (χ2v) is 7.09. The van der Waals surface area contributed by atoms with Gasteiger partial charge >= 0.3 is 0 Å². The molecule has 0 aliphatic heterocycles. The van der Waals surface area contributed by atoms with Crippen molar-refractivity contribution in [2.45, 2.75) is 62.8 Å². The van der Waals surface area contributed by atoms with Gasteiger partial charge in [-0.25, -0.2) is 4.98 Å². The number of carbonyl (C=O) groups is 1. The minimum Gasteiger partial charge on any atom is -0.314 e. The van der Waals surface area contributed by atoms with Gasteiger partial charge in [-0.3, -0.25) is 4.79 Å². The molecule has 1 aromatic heterocycles. The van der Waals surface area contributed by atoms with Gasteiger partial charge in [0.2, 0.25) is 0 Å². The Kier molecular flexibility index (Phi) is 4.11. The molecule has 3 rings (SSSR count). The van der Waals surface area contributed by atoms with Crippen LogP contribution in [-0.2, 0) is 4.79 Å². The van der Waals surface area contributed by atoms with Crippen LogP contribution in [0.1, 0.15) is 62.3 Å². The van der Waals surface area contributed by atoms with Crippen LogP contribution in [0.4, 0.5) is 5.00 Å². The quantitative estimate of drug-likeness (QED) is 0.662. The lowest BCUT2D eigenvalue weighted by molar-refractivity contribution is -0.125. The standard InChI is InChI=1S/C15H20N4OS/c16-10-18-15(7-4-8-15)14(20)19-12-9-17-13(21-12)11-5-2-1-3-6-11/h9,11,18H,1-8H2,(H,19,20). The maximum atomic E-state index is 12.3. The van der Waals surface area contributed by atoms with E-state index in [1.165, 1.54) is 32.1 Å². The zero-order chi connectivity index (χ0) is 14.7. The summed E-state index contributed by atoms with van der Waals surface area (Å²) in [5.41, 5.74) is -0.691. The van der Waals surface area contributed by atoms with Crippen LogP contribution in [0.25, 0.3) is 0 Å². The van der Waals surface area contributed by atoms with Crippen LogP contribution in [0, 0.1) is 11.5 Å². The smallest absolute Gasteiger partial charge is 0.251 e. The molecule has 2 N–H and O–H groups in total. The Labute approximate surface area is 128 Å². The van der Waals surface area contributed by atoms with Gasteiger partial charge in [-0.2, -0.15) is 5.26 Å². The number of hydrogen-bond donors (Lipinski definition) is 2. The number of nitrogens with zero attached hydrogens (tertiary/aromatic N) is 2. The molecule has 1 amide bonds. The first kappa shape index (κ1) is 14.3. The van der Waals surface area contributed by atoms with E-state index in [0.717, 1.165) is 29.3 Å². The molecule has 0 radical (unpaired) electrons. The number of hydrogen-bond acceptors (Lipinski definition) is 5. The van der Waals surface area contributed by atoms with E-state index in [2.05, 4.69) is 15.6 Å². The average molecular weight is 304 g/mol. The predicted molar refractivity (Wildman–Crippen MR) is 81.9 cm³/mol. The Hall–Kier alpha value is -1.61. The molecule has 2 saturated carbocycles. The SMILES string of the molecule is N#CNC1(C(=O)Nc2cnc(C3CCCCC3)s2)CCC1. The summed E-state index contributed by atoms with van der Waals surface area (Å²) >= 11 is 1.58. The third-order valence-corrected chi connectivity index (χ3v) is 5.73. The van der Waals surface area contributed by atoms with Crippen LogP contribution >= 0.6 is 11.3 Å². The normalized spacial score (nSPS) is 21.1. The summed E-state index contributed by atoms with van der Waals surface area (Å²) in [6.45, 7) is 0. The molecule has 0 saturated heterocycles. The number of thiazole rings is 1. The van der Waals surface area contributed by atoms with Gasteiger partial charge < -0.3 is 10.6 Å². The van der Waals surface area contributed by atoms with E-state index >= 15 is 0 Å². The molecule has 21 heavy (non-hydrogen) atoms. The van der Waals surface area contributed by atoms with E-state index in [1.54, 1.807) is 17.5 Å². The van der Waals surface area contributed by atoms with Crippen LogP contribution in [0.5, 0.6) is 0 Å². The van der Waals surface area contributed by atoms with Crippen molar-refractivity contribution in [2.75, 3.05) is 5.32 Å². The molecule has 2 aliphatic rings. The molecule has 0 unspecified atom stereocenters. The zero-order valence-electron chi connectivity index (χ0n) is 12.0. The third-order valence-electron chi connectivity index (χ3n) is 4.65. The van der Waals surface area contributed by atoms with Gasteiger partial charge in [-0.05, 0) is 32.1 Å². The van der Waals surface area contributed by atoms with Crippen molar-refractivity contribution < 1.29 is 4.79 Å². The van der Waals surface area contributed by atoms with Crippen molar-refractivity contribution in [3.8, 4) is 6.19 Å². The molecule has 0 atom stereocenters. The molecule has 0 aromatic carbocycles. The second kappa shape index (κ2) is 6.02. The predicted octanol–water partition coefficient (Wildman–Crippen LogP) is 3.12. The summed E-state index contributed by atoms with van der Waals surface area (Å²) in [4.78, 5) is 16.8. The number of amides is 1. The second-order valence-electron chi connectivity index (χ2n) is 6.02. The monoisotopic (exact) mass is 304 g/mol.